The number of benzene rings is 1. The molecule has 1 heterocycles. The van der Waals surface area contributed by atoms with Gasteiger partial charge in [-0.3, -0.25) is 4.79 Å². The summed E-state index contributed by atoms with van der Waals surface area (Å²) in [5.74, 6) is -0.218. The normalized spacial score (nSPS) is 15.9. The van der Waals surface area contributed by atoms with Gasteiger partial charge in [-0.05, 0) is 36.6 Å². The van der Waals surface area contributed by atoms with E-state index in [9.17, 15) is 9.18 Å². The zero-order valence-corrected chi connectivity index (χ0v) is 9.03. The van der Waals surface area contributed by atoms with Crippen molar-refractivity contribution in [2.45, 2.75) is 12.8 Å². The van der Waals surface area contributed by atoms with E-state index in [0.717, 1.165) is 31.5 Å². The van der Waals surface area contributed by atoms with Crippen LogP contribution in [0.5, 0.6) is 0 Å². The van der Waals surface area contributed by atoms with Gasteiger partial charge in [0.1, 0.15) is 5.82 Å². The molecule has 0 aliphatic carbocycles. The maximum Gasteiger partial charge on any atom is 0.246 e. The molecule has 0 saturated carbocycles. The molecule has 0 spiro atoms. The number of carbonyl (C=O) groups is 1. The fourth-order valence-electron chi connectivity index (χ4n) is 1.78. The highest BCUT2D eigenvalue weighted by molar-refractivity contribution is 5.91. The van der Waals surface area contributed by atoms with E-state index in [0.29, 0.717) is 0 Å². The summed E-state index contributed by atoms with van der Waals surface area (Å²) in [7, 11) is 0. The maximum absolute atomic E-state index is 12.6. The van der Waals surface area contributed by atoms with Crippen LogP contribution in [0.3, 0.4) is 0 Å². The topological polar surface area (TPSA) is 20.3 Å². The third kappa shape index (κ3) is 2.69. The molecule has 2 nitrogen and oxygen atoms in total. The van der Waals surface area contributed by atoms with E-state index in [1.54, 1.807) is 24.3 Å². The molecule has 0 radical (unpaired) electrons. The third-order valence-corrected chi connectivity index (χ3v) is 2.71. The number of nitrogens with zero attached hydrogens (tertiary/aromatic N) is 1. The first-order chi connectivity index (χ1) is 7.75. The highest BCUT2D eigenvalue weighted by Gasteiger charge is 2.14. The quantitative estimate of drug-likeness (QED) is 0.700. The van der Waals surface area contributed by atoms with E-state index in [-0.39, 0.29) is 11.7 Å². The monoisotopic (exact) mass is 219 g/mol. The van der Waals surface area contributed by atoms with Crippen LogP contribution in [0, 0.1) is 5.82 Å². The molecule has 1 aliphatic heterocycles. The zero-order chi connectivity index (χ0) is 11.4. The summed E-state index contributed by atoms with van der Waals surface area (Å²) in [6, 6.07) is 6.09. The van der Waals surface area contributed by atoms with Crippen molar-refractivity contribution in [2.75, 3.05) is 13.1 Å². The first-order valence-electron chi connectivity index (χ1n) is 5.48. The molecule has 16 heavy (non-hydrogen) atoms. The summed E-state index contributed by atoms with van der Waals surface area (Å²) in [4.78, 5) is 13.5. The maximum atomic E-state index is 12.6. The van der Waals surface area contributed by atoms with Crippen molar-refractivity contribution in [3.8, 4) is 0 Å². The van der Waals surface area contributed by atoms with Gasteiger partial charge in [0.15, 0.2) is 0 Å². The fourth-order valence-corrected chi connectivity index (χ4v) is 1.78. The van der Waals surface area contributed by atoms with Gasteiger partial charge in [0.05, 0.1) is 0 Å². The number of carbonyl (C=O) groups excluding carboxylic acids is 1. The Morgan fingerprint density at radius 1 is 1.19 bits per heavy atom. The lowest BCUT2D eigenvalue weighted by molar-refractivity contribution is -0.124. The standard InChI is InChI=1S/C13H14FNO/c14-12-6-3-11(4-7-12)5-8-13(16)15-9-1-2-10-15/h3-8H,1-2,9-10H2/b8-5+. The Kier molecular flexibility index (Phi) is 3.34. The van der Waals surface area contributed by atoms with Crippen LogP contribution in [0.1, 0.15) is 18.4 Å². The van der Waals surface area contributed by atoms with Gasteiger partial charge in [0.2, 0.25) is 5.91 Å². The SMILES string of the molecule is O=C(/C=C/c1ccc(F)cc1)N1CCCC1. The lowest BCUT2D eigenvalue weighted by Gasteiger charge is -2.11. The van der Waals surface area contributed by atoms with Crippen LogP contribution in [0.4, 0.5) is 4.39 Å². The van der Waals surface area contributed by atoms with Gasteiger partial charge in [-0.2, -0.15) is 0 Å². The van der Waals surface area contributed by atoms with E-state index < -0.39 is 0 Å². The van der Waals surface area contributed by atoms with Crippen molar-refractivity contribution in [3.05, 3.63) is 41.7 Å². The van der Waals surface area contributed by atoms with Gasteiger partial charge in [-0.1, -0.05) is 12.1 Å². The molecule has 1 aliphatic rings. The van der Waals surface area contributed by atoms with Crippen LogP contribution in [-0.2, 0) is 4.79 Å². The summed E-state index contributed by atoms with van der Waals surface area (Å²) in [5.41, 5.74) is 0.842. The molecular weight excluding hydrogens is 205 g/mol. The van der Waals surface area contributed by atoms with E-state index in [1.165, 1.54) is 12.1 Å². The van der Waals surface area contributed by atoms with Gasteiger partial charge in [0.25, 0.3) is 0 Å². The predicted molar refractivity (Wildman–Crippen MR) is 61.2 cm³/mol. The largest absolute Gasteiger partial charge is 0.339 e. The highest BCUT2D eigenvalue weighted by Crippen LogP contribution is 2.09. The van der Waals surface area contributed by atoms with Crippen LogP contribution in [0.25, 0.3) is 6.08 Å². The van der Waals surface area contributed by atoms with E-state index in [4.69, 9.17) is 0 Å². The second kappa shape index (κ2) is 4.92. The molecule has 0 unspecified atom stereocenters. The van der Waals surface area contributed by atoms with Crippen LogP contribution < -0.4 is 0 Å². The second-order valence-corrected chi connectivity index (χ2v) is 3.92. The minimum atomic E-state index is -0.261. The molecule has 0 atom stereocenters. The van der Waals surface area contributed by atoms with Crippen molar-refractivity contribution in [1.29, 1.82) is 0 Å². The molecule has 84 valence electrons. The molecule has 0 N–H and O–H groups in total. The molecule has 0 bridgehead atoms. The number of amides is 1. The minimum Gasteiger partial charge on any atom is -0.339 e. The molecule has 3 heteroatoms. The van der Waals surface area contributed by atoms with E-state index >= 15 is 0 Å². The molecule has 1 saturated heterocycles. The molecule has 0 aromatic heterocycles. The Labute approximate surface area is 94.4 Å². The first-order valence-corrected chi connectivity index (χ1v) is 5.48. The summed E-state index contributed by atoms with van der Waals surface area (Å²) in [5, 5.41) is 0. The molecule has 2 rings (SSSR count). The molecule has 1 amide bonds. The predicted octanol–water partition coefficient (Wildman–Crippen LogP) is 2.46. The molecule has 1 aromatic rings. The van der Waals surface area contributed by atoms with Gasteiger partial charge in [-0.25, -0.2) is 4.39 Å². The molecule has 1 fully saturated rings. The van der Waals surface area contributed by atoms with E-state index in [2.05, 4.69) is 0 Å². The van der Waals surface area contributed by atoms with Gasteiger partial charge >= 0.3 is 0 Å². The summed E-state index contributed by atoms with van der Waals surface area (Å²) >= 11 is 0. The zero-order valence-electron chi connectivity index (χ0n) is 9.03. The lowest BCUT2D eigenvalue weighted by Crippen LogP contribution is -2.25. The van der Waals surface area contributed by atoms with Crippen molar-refractivity contribution in [3.63, 3.8) is 0 Å². The first kappa shape index (κ1) is 10.9. The van der Waals surface area contributed by atoms with Gasteiger partial charge < -0.3 is 4.90 Å². The number of hydrogen-bond acceptors (Lipinski definition) is 1. The van der Waals surface area contributed by atoms with Crippen LogP contribution in [0.15, 0.2) is 30.3 Å². The Balaban J connectivity index is 1.97. The van der Waals surface area contributed by atoms with Gasteiger partial charge in [0, 0.05) is 19.2 Å². The third-order valence-electron chi connectivity index (χ3n) is 2.71. The van der Waals surface area contributed by atoms with Crippen LogP contribution in [-0.4, -0.2) is 23.9 Å². The molecule has 1 aromatic carbocycles. The number of halogens is 1. The Morgan fingerprint density at radius 3 is 2.44 bits per heavy atom. The van der Waals surface area contributed by atoms with Crippen molar-refractivity contribution >= 4 is 12.0 Å². The van der Waals surface area contributed by atoms with Crippen molar-refractivity contribution in [1.82, 2.24) is 4.90 Å². The summed E-state index contributed by atoms with van der Waals surface area (Å²) < 4.78 is 12.6. The summed E-state index contributed by atoms with van der Waals surface area (Å²) in [6.07, 6.45) is 5.46. The Morgan fingerprint density at radius 2 is 1.81 bits per heavy atom. The average molecular weight is 219 g/mol. The average Bonchev–Trinajstić information content (AvgIpc) is 2.81. The van der Waals surface area contributed by atoms with Crippen molar-refractivity contribution < 1.29 is 9.18 Å². The lowest BCUT2D eigenvalue weighted by atomic mass is 10.2. The number of hydrogen-bond donors (Lipinski definition) is 0. The highest BCUT2D eigenvalue weighted by atomic mass is 19.1. The number of rotatable bonds is 2. The smallest absolute Gasteiger partial charge is 0.246 e. The van der Waals surface area contributed by atoms with E-state index in [1.807, 2.05) is 4.90 Å². The van der Waals surface area contributed by atoms with Crippen LogP contribution >= 0.6 is 0 Å². The second-order valence-electron chi connectivity index (χ2n) is 3.92. The van der Waals surface area contributed by atoms with Gasteiger partial charge in [-0.15, -0.1) is 0 Å². The fraction of sp³-hybridized carbons (Fsp3) is 0.308. The summed E-state index contributed by atoms with van der Waals surface area (Å²) in [6.45, 7) is 1.71. The Hall–Kier alpha value is -1.64. The Bertz CT molecular complexity index is 391. The number of likely N-dealkylation sites (tertiary alicyclic amines) is 1. The molecular formula is C13H14FNO. The van der Waals surface area contributed by atoms with Crippen molar-refractivity contribution in [2.24, 2.45) is 0 Å². The van der Waals surface area contributed by atoms with Crippen LogP contribution in [0.2, 0.25) is 0 Å². The minimum absolute atomic E-state index is 0.0434.